The zero-order valence-corrected chi connectivity index (χ0v) is 19.6. The molecular formula is C27H28N2O4. The summed E-state index contributed by atoms with van der Waals surface area (Å²) in [5.41, 5.74) is 6.47. The number of rotatable bonds is 4. The molecule has 0 fully saturated rings. The molecule has 3 aromatic rings. The molecule has 2 aromatic carbocycles. The number of oxime groups is 1. The van der Waals surface area contributed by atoms with Crippen molar-refractivity contribution in [1.82, 2.24) is 4.57 Å². The van der Waals surface area contributed by atoms with Gasteiger partial charge in [0.1, 0.15) is 0 Å². The number of hydrogen-bond donors (Lipinski definition) is 0. The Morgan fingerprint density at radius 1 is 0.939 bits per heavy atom. The summed E-state index contributed by atoms with van der Waals surface area (Å²) in [4.78, 5) is 30.2. The predicted molar refractivity (Wildman–Crippen MR) is 127 cm³/mol. The average Bonchev–Trinajstić information content (AvgIpc) is 3.12. The first-order valence-corrected chi connectivity index (χ1v) is 10.9. The molecule has 1 aliphatic carbocycles. The van der Waals surface area contributed by atoms with Crippen LogP contribution in [0, 0.1) is 19.3 Å². The summed E-state index contributed by atoms with van der Waals surface area (Å²) < 4.78 is 7.02. The van der Waals surface area contributed by atoms with Gasteiger partial charge in [0.2, 0.25) is 0 Å². The molecule has 6 heteroatoms. The van der Waals surface area contributed by atoms with Crippen LogP contribution < -0.4 is 0 Å². The van der Waals surface area contributed by atoms with E-state index in [0.717, 1.165) is 34.8 Å². The van der Waals surface area contributed by atoms with Crippen molar-refractivity contribution in [3.8, 4) is 5.69 Å². The Bertz CT molecular complexity index is 1250. The molecule has 1 aliphatic rings. The monoisotopic (exact) mass is 444 g/mol. The Kier molecular flexibility index (Phi) is 5.93. The fourth-order valence-corrected chi connectivity index (χ4v) is 4.41. The number of aromatic nitrogens is 1. The third-order valence-electron chi connectivity index (χ3n) is 5.97. The van der Waals surface area contributed by atoms with Crippen LogP contribution in [0.2, 0.25) is 0 Å². The Morgan fingerprint density at radius 3 is 2.21 bits per heavy atom. The van der Waals surface area contributed by atoms with E-state index >= 15 is 0 Å². The molecule has 0 radical (unpaired) electrons. The average molecular weight is 445 g/mol. The summed E-state index contributed by atoms with van der Waals surface area (Å²) in [6.45, 7) is 8.51. The lowest BCUT2D eigenvalue weighted by atomic mass is 9.76. The van der Waals surface area contributed by atoms with Crippen LogP contribution >= 0.6 is 0 Å². The zero-order chi connectivity index (χ0) is 23.8. The summed E-state index contributed by atoms with van der Waals surface area (Å²) in [6, 6.07) is 16.9. The first-order chi connectivity index (χ1) is 15.7. The molecule has 1 heterocycles. The van der Waals surface area contributed by atoms with Gasteiger partial charge >= 0.3 is 11.9 Å². The second kappa shape index (κ2) is 8.70. The molecule has 0 saturated carbocycles. The number of esters is 1. The van der Waals surface area contributed by atoms with Gasteiger partial charge in [-0.25, -0.2) is 9.59 Å². The predicted octanol–water partition coefficient (Wildman–Crippen LogP) is 5.41. The van der Waals surface area contributed by atoms with Crippen LogP contribution in [-0.4, -0.2) is 29.3 Å². The topological polar surface area (TPSA) is 69.9 Å². The van der Waals surface area contributed by atoms with Crippen molar-refractivity contribution in [3.63, 3.8) is 0 Å². The normalized spacial score (nSPS) is 15.7. The quantitative estimate of drug-likeness (QED) is 0.306. The van der Waals surface area contributed by atoms with E-state index in [2.05, 4.69) is 67.7 Å². The Balaban J connectivity index is 1.71. The Labute approximate surface area is 193 Å². The van der Waals surface area contributed by atoms with Crippen LogP contribution in [0.15, 0.2) is 59.8 Å². The minimum absolute atomic E-state index is 0.0601. The molecular weight excluding hydrogens is 416 g/mol. The van der Waals surface area contributed by atoms with E-state index in [9.17, 15) is 9.59 Å². The van der Waals surface area contributed by atoms with Gasteiger partial charge in [0.15, 0.2) is 0 Å². The smallest absolute Gasteiger partial charge is 0.366 e. The summed E-state index contributed by atoms with van der Waals surface area (Å²) in [5, 5.41) is 4.29. The van der Waals surface area contributed by atoms with Crippen molar-refractivity contribution < 1.29 is 19.2 Å². The number of aryl methyl sites for hydroxylation is 2. The van der Waals surface area contributed by atoms with Crippen molar-refractivity contribution in [2.45, 2.75) is 40.5 Å². The number of ether oxygens (including phenoxy) is 1. The number of benzene rings is 2. The lowest BCUT2D eigenvalue weighted by Crippen LogP contribution is -2.28. The maximum atomic E-state index is 12.8. The van der Waals surface area contributed by atoms with Gasteiger partial charge in [0.25, 0.3) is 0 Å². The molecule has 0 atom stereocenters. The van der Waals surface area contributed by atoms with Gasteiger partial charge in [-0.3, -0.25) is 0 Å². The second-order valence-electron chi connectivity index (χ2n) is 9.29. The van der Waals surface area contributed by atoms with Crippen LogP contribution in [0.4, 0.5) is 0 Å². The fourth-order valence-electron chi connectivity index (χ4n) is 4.41. The molecule has 0 bridgehead atoms. The van der Waals surface area contributed by atoms with Crippen molar-refractivity contribution in [2.75, 3.05) is 7.11 Å². The number of hydrogen-bond acceptors (Lipinski definition) is 5. The number of methoxy groups -OCH3 is 1. The van der Waals surface area contributed by atoms with Crippen LogP contribution in [0.25, 0.3) is 5.69 Å². The molecule has 4 rings (SSSR count). The van der Waals surface area contributed by atoms with Crippen LogP contribution in [0.3, 0.4) is 0 Å². The number of carbonyl (C=O) groups is 2. The molecule has 170 valence electrons. The molecule has 0 N–H and O–H groups in total. The number of carbonyl (C=O) groups excluding carboxylic acids is 2. The molecule has 0 aliphatic heterocycles. The van der Waals surface area contributed by atoms with Crippen molar-refractivity contribution >= 4 is 17.7 Å². The highest BCUT2D eigenvalue weighted by molar-refractivity contribution is 6.05. The largest absolute Gasteiger partial charge is 0.465 e. The first kappa shape index (κ1) is 22.5. The SMILES string of the molecule is COC(=O)c1ccccc1C(=O)O/N=C1\CC(C)(C)Cc2c1cc(C)n2-c1ccc(C)cc1. The maximum absolute atomic E-state index is 12.8. The van der Waals surface area contributed by atoms with Gasteiger partial charge in [-0.15, -0.1) is 0 Å². The van der Waals surface area contributed by atoms with Gasteiger partial charge in [-0.2, -0.15) is 0 Å². The lowest BCUT2D eigenvalue weighted by molar-refractivity contribution is 0.0494. The highest BCUT2D eigenvalue weighted by atomic mass is 16.7. The van der Waals surface area contributed by atoms with Crippen LogP contribution in [-0.2, 0) is 16.0 Å². The van der Waals surface area contributed by atoms with E-state index < -0.39 is 11.9 Å². The van der Waals surface area contributed by atoms with E-state index in [1.807, 2.05) is 0 Å². The molecule has 0 spiro atoms. The third-order valence-corrected chi connectivity index (χ3v) is 5.97. The van der Waals surface area contributed by atoms with Crippen molar-refractivity contribution in [2.24, 2.45) is 10.6 Å². The first-order valence-electron chi connectivity index (χ1n) is 10.9. The number of fused-ring (bicyclic) bond motifs is 1. The van der Waals surface area contributed by atoms with Crippen molar-refractivity contribution in [1.29, 1.82) is 0 Å². The summed E-state index contributed by atoms with van der Waals surface area (Å²) in [7, 11) is 1.28. The molecule has 33 heavy (non-hydrogen) atoms. The molecule has 6 nitrogen and oxygen atoms in total. The van der Waals surface area contributed by atoms with Gasteiger partial charge < -0.3 is 14.1 Å². The van der Waals surface area contributed by atoms with E-state index in [1.165, 1.54) is 24.8 Å². The molecule has 0 unspecified atom stereocenters. The highest BCUT2D eigenvalue weighted by Gasteiger charge is 2.34. The van der Waals surface area contributed by atoms with Gasteiger partial charge in [-0.05, 0) is 62.4 Å². The van der Waals surface area contributed by atoms with Gasteiger partial charge in [0, 0.05) is 22.6 Å². The maximum Gasteiger partial charge on any atom is 0.366 e. The molecule has 0 amide bonds. The standard InChI is InChI=1S/C27H28N2O4/c1-17-10-12-19(13-11-17)29-18(2)14-22-23(15-27(3,4)16-24(22)29)28-33-26(31)21-9-7-6-8-20(21)25(30)32-5/h6-14H,15-16H2,1-5H3/b28-23+. The van der Waals surface area contributed by atoms with E-state index in [4.69, 9.17) is 9.57 Å². The minimum atomic E-state index is -0.692. The van der Waals surface area contributed by atoms with E-state index in [1.54, 1.807) is 12.1 Å². The number of nitrogens with zero attached hydrogens (tertiary/aromatic N) is 2. The Hall–Kier alpha value is -3.67. The van der Waals surface area contributed by atoms with E-state index in [0.29, 0.717) is 6.42 Å². The fraction of sp³-hybridized carbons (Fsp3) is 0.296. The van der Waals surface area contributed by atoms with Crippen molar-refractivity contribution in [3.05, 3.63) is 88.2 Å². The summed E-state index contributed by atoms with van der Waals surface area (Å²) >= 11 is 0. The lowest BCUT2D eigenvalue weighted by Gasteiger charge is -2.31. The minimum Gasteiger partial charge on any atom is -0.465 e. The summed E-state index contributed by atoms with van der Waals surface area (Å²) in [6.07, 6.45) is 1.55. The van der Waals surface area contributed by atoms with Gasteiger partial charge in [0.05, 0.1) is 23.9 Å². The zero-order valence-electron chi connectivity index (χ0n) is 19.6. The Morgan fingerprint density at radius 2 is 1.58 bits per heavy atom. The molecule has 0 saturated heterocycles. The third kappa shape index (κ3) is 4.46. The van der Waals surface area contributed by atoms with Gasteiger partial charge in [-0.1, -0.05) is 48.8 Å². The second-order valence-corrected chi connectivity index (χ2v) is 9.29. The summed E-state index contributed by atoms with van der Waals surface area (Å²) in [5.74, 6) is -1.29. The van der Waals surface area contributed by atoms with E-state index in [-0.39, 0.29) is 16.5 Å². The van der Waals surface area contributed by atoms with Crippen LogP contribution in [0.5, 0.6) is 0 Å². The molecule has 1 aromatic heterocycles. The van der Waals surface area contributed by atoms with Crippen LogP contribution in [0.1, 0.15) is 63.5 Å². The highest BCUT2D eigenvalue weighted by Crippen LogP contribution is 2.38.